The van der Waals surface area contributed by atoms with Crippen LogP contribution < -0.4 is 20.3 Å². The summed E-state index contributed by atoms with van der Waals surface area (Å²) in [6.45, 7) is 5.79. The molecule has 240 valence electrons. The van der Waals surface area contributed by atoms with Crippen molar-refractivity contribution in [3.05, 3.63) is 95.3 Å². The molecule has 3 N–H and O–H groups in total. The van der Waals surface area contributed by atoms with Gasteiger partial charge in [-0.1, -0.05) is 36.4 Å². The average Bonchev–Trinajstić information content (AvgIpc) is 3.67. The van der Waals surface area contributed by atoms with Gasteiger partial charge in [0.2, 0.25) is 5.91 Å². The van der Waals surface area contributed by atoms with Crippen LogP contribution in [0, 0.1) is 19.8 Å². The van der Waals surface area contributed by atoms with E-state index in [1.807, 2.05) is 59.2 Å². The molecule has 1 aliphatic heterocycles. The van der Waals surface area contributed by atoms with Crippen molar-refractivity contribution in [3.8, 4) is 16.9 Å². The summed E-state index contributed by atoms with van der Waals surface area (Å²) in [5.74, 6) is 0.996. The Morgan fingerprint density at radius 2 is 1.89 bits per heavy atom. The number of urea groups is 1. The Kier molecular flexibility index (Phi) is 8.83. The van der Waals surface area contributed by atoms with Crippen LogP contribution in [0.1, 0.15) is 47.4 Å². The van der Waals surface area contributed by atoms with Crippen molar-refractivity contribution in [2.45, 2.75) is 45.6 Å². The van der Waals surface area contributed by atoms with E-state index in [4.69, 9.17) is 9.29 Å². The topological polar surface area (TPSA) is 143 Å². The number of ether oxygens (including phenoxy) is 1. The summed E-state index contributed by atoms with van der Waals surface area (Å²) < 4.78 is 38.4. The van der Waals surface area contributed by atoms with Crippen molar-refractivity contribution in [3.63, 3.8) is 0 Å². The number of amides is 3. The molecule has 11 nitrogen and oxygen atoms in total. The zero-order valence-corrected chi connectivity index (χ0v) is 26.6. The molecule has 12 heteroatoms. The monoisotopic (exact) mass is 643 g/mol. The van der Waals surface area contributed by atoms with Gasteiger partial charge in [-0.25, -0.2) is 4.79 Å². The van der Waals surface area contributed by atoms with Crippen LogP contribution in [0.15, 0.2) is 73.1 Å². The largest absolute Gasteiger partial charge is 0.493 e. The minimum Gasteiger partial charge on any atom is -0.493 e. The van der Waals surface area contributed by atoms with Crippen LogP contribution in [0.3, 0.4) is 0 Å². The Balaban J connectivity index is 1.11. The predicted molar refractivity (Wildman–Crippen MR) is 176 cm³/mol. The number of fused-ring (bicyclic) bond motifs is 3. The summed E-state index contributed by atoms with van der Waals surface area (Å²) in [6.07, 6.45) is 5.94. The fraction of sp³-hybridized carbons (Fsp3) is 0.324. The normalized spacial score (nSPS) is 16.7. The zero-order chi connectivity index (χ0) is 32.4. The molecular formula is C34H37N5O6S. The summed E-state index contributed by atoms with van der Waals surface area (Å²) >= 11 is 0. The number of anilines is 2. The molecule has 0 bridgehead atoms. The maximum absolute atomic E-state index is 13.5. The van der Waals surface area contributed by atoms with Gasteiger partial charge >= 0.3 is 6.03 Å². The average molecular weight is 644 g/mol. The molecular weight excluding hydrogens is 606 g/mol. The van der Waals surface area contributed by atoms with Gasteiger partial charge in [0.05, 0.1) is 19.3 Å². The molecule has 2 aliphatic rings. The van der Waals surface area contributed by atoms with E-state index >= 15 is 0 Å². The summed E-state index contributed by atoms with van der Waals surface area (Å²) in [5.41, 5.74) is 7.89. The number of rotatable bonds is 11. The molecule has 6 rings (SSSR count). The lowest BCUT2D eigenvalue weighted by Gasteiger charge is -2.30. The molecule has 1 aliphatic carbocycles. The lowest BCUT2D eigenvalue weighted by molar-refractivity contribution is -0.119. The molecule has 3 aromatic carbocycles. The van der Waals surface area contributed by atoms with Gasteiger partial charge in [-0.05, 0) is 90.6 Å². The molecule has 2 heterocycles. The van der Waals surface area contributed by atoms with E-state index in [1.54, 1.807) is 18.2 Å². The quantitative estimate of drug-likeness (QED) is 0.145. The van der Waals surface area contributed by atoms with E-state index in [0.717, 1.165) is 46.7 Å². The Morgan fingerprint density at radius 1 is 1.09 bits per heavy atom. The lowest BCUT2D eigenvalue weighted by Crippen LogP contribution is -2.36. The van der Waals surface area contributed by atoms with Crippen molar-refractivity contribution >= 4 is 33.4 Å². The van der Waals surface area contributed by atoms with Crippen molar-refractivity contribution in [2.75, 3.05) is 29.2 Å². The number of hydrogen-bond acceptors (Lipinski definition) is 6. The molecule has 1 fully saturated rings. The second-order valence-corrected chi connectivity index (χ2v) is 13.4. The van der Waals surface area contributed by atoms with Crippen LogP contribution in [0.25, 0.3) is 11.1 Å². The maximum Gasteiger partial charge on any atom is 0.320 e. The molecule has 0 unspecified atom stereocenters. The number of aromatic nitrogens is 2. The second-order valence-electron chi connectivity index (χ2n) is 12.0. The van der Waals surface area contributed by atoms with Gasteiger partial charge in [0.1, 0.15) is 11.6 Å². The number of benzene rings is 3. The highest BCUT2D eigenvalue weighted by Crippen LogP contribution is 2.57. The van der Waals surface area contributed by atoms with E-state index < -0.39 is 22.0 Å². The third-order valence-electron chi connectivity index (χ3n) is 8.62. The van der Waals surface area contributed by atoms with Crippen molar-refractivity contribution < 1.29 is 27.3 Å². The van der Waals surface area contributed by atoms with E-state index in [9.17, 15) is 18.0 Å². The van der Waals surface area contributed by atoms with Crippen molar-refractivity contribution in [1.29, 1.82) is 0 Å². The highest BCUT2D eigenvalue weighted by atomic mass is 32.2. The fourth-order valence-corrected chi connectivity index (χ4v) is 6.39. The van der Waals surface area contributed by atoms with E-state index in [2.05, 4.69) is 34.8 Å². The van der Waals surface area contributed by atoms with Gasteiger partial charge in [-0.15, -0.1) is 0 Å². The van der Waals surface area contributed by atoms with E-state index in [0.29, 0.717) is 43.5 Å². The van der Waals surface area contributed by atoms with E-state index in [-0.39, 0.29) is 5.91 Å². The molecule has 2 atom stereocenters. The number of carbonyl (C=O) groups is 2. The Morgan fingerprint density at radius 3 is 2.72 bits per heavy atom. The highest BCUT2D eigenvalue weighted by Gasteiger charge is 2.47. The molecule has 0 spiro atoms. The lowest BCUT2D eigenvalue weighted by atomic mass is 9.92. The van der Waals surface area contributed by atoms with Gasteiger partial charge < -0.3 is 20.3 Å². The number of hydrogen-bond donors (Lipinski definition) is 3. The predicted octanol–water partition coefficient (Wildman–Crippen LogP) is 5.49. The number of nitrogens with one attached hydrogen (secondary N) is 2. The van der Waals surface area contributed by atoms with Gasteiger partial charge in [0.25, 0.3) is 10.1 Å². The van der Waals surface area contributed by atoms with Crippen LogP contribution in [0.4, 0.5) is 16.2 Å². The summed E-state index contributed by atoms with van der Waals surface area (Å²) in [5, 5.41) is 9.24. The molecule has 0 radical (unpaired) electrons. The Labute approximate surface area is 268 Å². The number of carbonyl (C=O) groups excluding carboxylic acids is 2. The molecule has 3 amide bonds. The van der Waals surface area contributed by atoms with E-state index in [1.165, 1.54) is 11.1 Å². The Bertz CT molecular complexity index is 1890. The molecule has 0 saturated heterocycles. The van der Waals surface area contributed by atoms with Crippen molar-refractivity contribution in [2.24, 2.45) is 5.92 Å². The fourth-order valence-electron chi connectivity index (χ4n) is 6.08. The van der Waals surface area contributed by atoms with Gasteiger partial charge in [-0.3, -0.25) is 14.0 Å². The summed E-state index contributed by atoms with van der Waals surface area (Å²) in [6, 6.07) is 18.5. The molecule has 1 aromatic heterocycles. The molecule has 4 aromatic rings. The third-order valence-corrected chi connectivity index (χ3v) is 9.13. The zero-order valence-electron chi connectivity index (χ0n) is 25.8. The first kappa shape index (κ1) is 31.3. The minimum absolute atomic E-state index is 0.115. The SMILES string of the molecule is Cc1cccc(OCCCC(=O)N2C[C@H]3C[C@H]3c3c(-c4cnn(Cc5cccc(NC(=O)NCS(=O)(=O)O)c5)c4)cccc32)c1C. The standard InChI is InChI=1S/C34H37N5O6S/c1-22-7-3-12-31(23(22)2)45-14-6-13-32(40)39-20-25-16-29(25)33-28(10-5-11-30(33)39)26-17-36-38(19-26)18-24-8-4-9-27(15-24)37-34(41)35-21-46(42,43)44/h3-5,7-12,15,17,19,25,29H,6,13-14,16,18,20-21H2,1-2H3,(H2,35,37,41)(H,42,43,44)/t25-,29-/m1/s1. The van der Waals surface area contributed by atoms with Gasteiger partial charge in [0.15, 0.2) is 0 Å². The maximum atomic E-state index is 13.5. The van der Waals surface area contributed by atoms with Crippen LogP contribution in [-0.4, -0.2) is 53.7 Å². The third kappa shape index (κ3) is 7.24. The molecule has 1 saturated carbocycles. The van der Waals surface area contributed by atoms with Crippen LogP contribution >= 0.6 is 0 Å². The Hall–Kier alpha value is -4.68. The number of nitrogens with zero attached hydrogens (tertiary/aromatic N) is 3. The second kappa shape index (κ2) is 13.0. The smallest absolute Gasteiger partial charge is 0.320 e. The number of aryl methyl sites for hydroxylation is 1. The van der Waals surface area contributed by atoms with Crippen molar-refractivity contribution in [1.82, 2.24) is 15.1 Å². The van der Waals surface area contributed by atoms with Gasteiger partial charge in [0, 0.05) is 36.1 Å². The highest BCUT2D eigenvalue weighted by molar-refractivity contribution is 7.85. The first-order valence-electron chi connectivity index (χ1n) is 15.3. The summed E-state index contributed by atoms with van der Waals surface area (Å²) in [7, 11) is -4.32. The van der Waals surface area contributed by atoms with Gasteiger partial charge in [-0.2, -0.15) is 13.5 Å². The summed E-state index contributed by atoms with van der Waals surface area (Å²) in [4.78, 5) is 27.4. The van der Waals surface area contributed by atoms with Crippen LogP contribution in [0.5, 0.6) is 5.75 Å². The van der Waals surface area contributed by atoms with Crippen LogP contribution in [0.2, 0.25) is 0 Å². The minimum atomic E-state index is -4.32. The molecule has 46 heavy (non-hydrogen) atoms. The first-order valence-corrected chi connectivity index (χ1v) is 16.9. The van der Waals surface area contributed by atoms with Crippen LogP contribution in [-0.2, 0) is 21.5 Å². The first-order chi connectivity index (χ1) is 22.1.